The number of amides is 1. The second-order valence-electron chi connectivity index (χ2n) is 6.41. The molecule has 1 aromatic carbocycles. The van der Waals surface area contributed by atoms with Crippen LogP contribution in [0.4, 0.5) is 18.9 Å². The number of hydrogen-bond donors (Lipinski definition) is 1. The van der Waals surface area contributed by atoms with E-state index in [1.165, 1.54) is 12.1 Å². The molecule has 1 fully saturated rings. The molecule has 1 aliphatic carbocycles. The van der Waals surface area contributed by atoms with E-state index in [1.54, 1.807) is 41.5 Å². The molecule has 0 bridgehead atoms. The highest BCUT2D eigenvalue weighted by Crippen LogP contribution is 2.48. The van der Waals surface area contributed by atoms with Gasteiger partial charge in [0.15, 0.2) is 5.82 Å². The van der Waals surface area contributed by atoms with E-state index >= 15 is 0 Å². The van der Waals surface area contributed by atoms with Crippen molar-refractivity contribution in [2.24, 2.45) is 5.92 Å². The number of halogens is 3. The molecule has 1 aliphatic rings. The molecule has 0 radical (unpaired) electrons. The molecular weight excluding hydrogens is 357 g/mol. The zero-order valence-electron chi connectivity index (χ0n) is 14.0. The molecular formula is C19H15F3N4O. The first-order valence-corrected chi connectivity index (χ1v) is 8.36. The van der Waals surface area contributed by atoms with E-state index in [-0.39, 0.29) is 17.7 Å². The van der Waals surface area contributed by atoms with Gasteiger partial charge in [0.2, 0.25) is 5.91 Å². The Bertz CT molecular complexity index is 935. The van der Waals surface area contributed by atoms with E-state index in [0.717, 1.165) is 17.7 Å². The maximum atomic E-state index is 12.6. The Hall–Kier alpha value is -3.16. The van der Waals surface area contributed by atoms with E-state index in [1.807, 2.05) is 0 Å². The van der Waals surface area contributed by atoms with Gasteiger partial charge in [-0.2, -0.15) is 18.3 Å². The smallest absolute Gasteiger partial charge is 0.324 e. The van der Waals surface area contributed by atoms with E-state index in [2.05, 4.69) is 15.4 Å². The monoisotopic (exact) mass is 372 g/mol. The lowest BCUT2D eigenvalue weighted by Gasteiger charge is -2.08. The molecule has 4 rings (SSSR count). The topological polar surface area (TPSA) is 59.8 Å². The number of pyridine rings is 1. The van der Waals surface area contributed by atoms with Crippen molar-refractivity contribution in [3.8, 4) is 5.82 Å². The van der Waals surface area contributed by atoms with Crippen LogP contribution in [-0.2, 0) is 11.0 Å². The van der Waals surface area contributed by atoms with E-state index in [4.69, 9.17) is 0 Å². The Morgan fingerprint density at radius 1 is 1.15 bits per heavy atom. The van der Waals surface area contributed by atoms with Crippen LogP contribution in [0.15, 0.2) is 61.1 Å². The minimum atomic E-state index is -4.35. The molecule has 5 nitrogen and oxygen atoms in total. The summed E-state index contributed by atoms with van der Waals surface area (Å²) in [6.07, 6.45) is 1.22. The SMILES string of the molecule is O=C(Nc1ccc(-n2cccn2)nc1)C1CC1c1ccc(C(F)(F)F)cc1. The minimum absolute atomic E-state index is 0.0522. The van der Waals surface area contributed by atoms with Crippen LogP contribution in [0.1, 0.15) is 23.5 Å². The van der Waals surface area contributed by atoms with Crippen LogP contribution in [0.5, 0.6) is 0 Å². The van der Waals surface area contributed by atoms with Gasteiger partial charge in [-0.15, -0.1) is 0 Å². The third-order valence-electron chi connectivity index (χ3n) is 4.55. The zero-order chi connectivity index (χ0) is 19.0. The van der Waals surface area contributed by atoms with Crippen LogP contribution in [0.25, 0.3) is 5.82 Å². The highest BCUT2D eigenvalue weighted by molar-refractivity contribution is 5.95. The molecule has 1 N–H and O–H groups in total. The third-order valence-corrected chi connectivity index (χ3v) is 4.55. The van der Waals surface area contributed by atoms with Crippen molar-refractivity contribution >= 4 is 11.6 Å². The van der Waals surface area contributed by atoms with Gasteiger partial charge in [-0.1, -0.05) is 12.1 Å². The van der Waals surface area contributed by atoms with E-state index in [0.29, 0.717) is 17.9 Å². The Kier molecular flexibility index (Phi) is 4.18. The van der Waals surface area contributed by atoms with Crippen LogP contribution in [-0.4, -0.2) is 20.7 Å². The Morgan fingerprint density at radius 3 is 2.52 bits per heavy atom. The number of hydrogen-bond acceptors (Lipinski definition) is 3. The molecule has 2 unspecified atom stereocenters. The first-order valence-electron chi connectivity index (χ1n) is 8.36. The number of alkyl halides is 3. The molecule has 0 spiro atoms. The van der Waals surface area contributed by atoms with Gasteiger partial charge in [-0.25, -0.2) is 9.67 Å². The number of carbonyl (C=O) groups is 1. The van der Waals surface area contributed by atoms with Gasteiger partial charge >= 0.3 is 6.18 Å². The van der Waals surface area contributed by atoms with Crippen molar-refractivity contribution in [1.82, 2.24) is 14.8 Å². The molecule has 2 aromatic heterocycles. The lowest BCUT2D eigenvalue weighted by molar-refractivity contribution is -0.137. The van der Waals surface area contributed by atoms with Crippen molar-refractivity contribution < 1.29 is 18.0 Å². The fourth-order valence-electron chi connectivity index (χ4n) is 3.01. The summed E-state index contributed by atoms with van der Waals surface area (Å²) in [5.41, 5.74) is 0.625. The van der Waals surface area contributed by atoms with Crippen molar-refractivity contribution in [3.05, 3.63) is 72.2 Å². The lowest BCUT2D eigenvalue weighted by Crippen LogP contribution is -2.15. The number of carbonyl (C=O) groups excluding carboxylic acids is 1. The van der Waals surface area contributed by atoms with Gasteiger partial charge in [0, 0.05) is 18.3 Å². The normalized spacial score (nSPS) is 18.9. The van der Waals surface area contributed by atoms with Crippen LogP contribution < -0.4 is 5.32 Å². The van der Waals surface area contributed by atoms with E-state index in [9.17, 15) is 18.0 Å². The van der Waals surface area contributed by atoms with Crippen molar-refractivity contribution in [2.45, 2.75) is 18.5 Å². The van der Waals surface area contributed by atoms with Gasteiger partial charge in [-0.3, -0.25) is 4.79 Å². The molecule has 27 heavy (non-hydrogen) atoms. The fraction of sp³-hybridized carbons (Fsp3) is 0.211. The number of aromatic nitrogens is 3. The summed E-state index contributed by atoms with van der Waals surface area (Å²) >= 11 is 0. The third kappa shape index (κ3) is 3.69. The molecule has 3 aromatic rings. The van der Waals surface area contributed by atoms with E-state index < -0.39 is 11.7 Å². The Balaban J connectivity index is 1.37. The average Bonchev–Trinajstić information content (AvgIpc) is 3.27. The van der Waals surface area contributed by atoms with Gasteiger partial charge in [0.25, 0.3) is 0 Å². The van der Waals surface area contributed by atoms with Crippen molar-refractivity contribution in [2.75, 3.05) is 5.32 Å². The molecule has 2 heterocycles. The van der Waals surface area contributed by atoms with Crippen LogP contribution in [0, 0.1) is 5.92 Å². The first kappa shape index (κ1) is 17.3. The summed E-state index contributed by atoms with van der Waals surface area (Å²) in [4.78, 5) is 16.6. The zero-order valence-corrected chi connectivity index (χ0v) is 14.0. The second-order valence-corrected chi connectivity index (χ2v) is 6.41. The molecule has 138 valence electrons. The average molecular weight is 372 g/mol. The fourth-order valence-corrected chi connectivity index (χ4v) is 3.01. The molecule has 1 amide bonds. The number of nitrogens with one attached hydrogen (secondary N) is 1. The second kappa shape index (κ2) is 6.53. The van der Waals surface area contributed by atoms with Gasteiger partial charge in [0.1, 0.15) is 0 Å². The summed E-state index contributed by atoms with van der Waals surface area (Å²) in [7, 11) is 0. The largest absolute Gasteiger partial charge is 0.416 e. The quantitative estimate of drug-likeness (QED) is 0.752. The molecule has 2 atom stereocenters. The summed E-state index contributed by atoms with van der Waals surface area (Å²) in [5, 5.41) is 6.88. The number of benzene rings is 1. The number of rotatable bonds is 4. The molecule has 0 aliphatic heterocycles. The summed E-state index contributed by atoms with van der Waals surface area (Å²) in [6, 6.07) is 10.3. The van der Waals surface area contributed by atoms with Crippen LogP contribution in [0.2, 0.25) is 0 Å². The van der Waals surface area contributed by atoms with Crippen molar-refractivity contribution in [3.63, 3.8) is 0 Å². The van der Waals surface area contributed by atoms with Gasteiger partial charge in [0.05, 0.1) is 17.4 Å². The predicted molar refractivity (Wildman–Crippen MR) is 92.3 cm³/mol. The highest BCUT2D eigenvalue weighted by Gasteiger charge is 2.44. The number of nitrogens with zero attached hydrogens (tertiary/aromatic N) is 3. The van der Waals surface area contributed by atoms with Gasteiger partial charge < -0.3 is 5.32 Å². The van der Waals surface area contributed by atoms with Crippen LogP contribution in [0.3, 0.4) is 0 Å². The summed E-state index contributed by atoms with van der Waals surface area (Å²) in [5.74, 6) is 0.178. The Labute approximate surface area is 152 Å². The summed E-state index contributed by atoms with van der Waals surface area (Å²) in [6.45, 7) is 0. The molecule has 8 heteroatoms. The standard InChI is InChI=1S/C19H15F3N4O/c20-19(21,22)13-4-2-12(3-5-13)15-10-16(15)18(27)25-14-6-7-17(23-11-14)26-9-1-8-24-26/h1-9,11,15-16H,10H2,(H,25,27). The van der Waals surface area contributed by atoms with Crippen LogP contribution >= 0.6 is 0 Å². The minimum Gasteiger partial charge on any atom is -0.324 e. The van der Waals surface area contributed by atoms with Crippen molar-refractivity contribution in [1.29, 1.82) is 0 Å². The van der Waals surface area contributed by atoms with Gasteiger partial charge in [-0.05, 0) is 48.2 Å². The maximum Gasteiger partial charge on any atom is 0.416 e. The maximum absolute atomic E-state index is 12.6. The predicted octanol–water partition coefficient (Wildman–Crippen LogP) is 4.03. The number of anilines is 1. The molecule has 0 saturated heterocycles. The summed E-state index contributed by atoms with van der Waals surface area (Å²) < 4.78 is 39.5. The lowest BCUT2D eigenvalue weighted by atomic mass is 10.1. The molecule has 1 saturated carbocycles. The Morgan fingerprint density at radius 2 is 1.93 bits per heavy atom. The highest BCUT2D eigenvalue weighted by atomic mass is 19.4. The first-order chi connectivity index (χ1) is 12.9.